The summed E-state index contributed by atoms with van der Waals surface area (Å²) < 4.78 is 11.2. The number of aromatic nitrogens is 2. The van der Waals surface area contributed by atoms with Crippen LogP contribution in [0.4, 0.5) is 0 Å². The molecule has 34 heavy (non-hydrogen) atoms. The number of ketones is 2. The number of allylic oxidation sites excluding steroid dienone is 2. The summed E-state index contributed by atoms with van der Waals surface area (Å²) in [7, 11) is 1.55. The van der Waals surface area contributed by atoms with E-state index in [9.17, 15) is 9.59 Å². The van der Waals surface area contributed by atoms with Crippen molar-refractivity contribution >= 4 is 34.6 Å². The Morgan fingerprint density at radius 2 is 1.82 bits per heavy atom. The fourth-order valence-electron chi connectivity index (χ4n) is 3.39. The third kappa shape index (κ3) is 6.07. The van der Waals surface area contributed by atoms with E-state index in [2.05, 4.69) is 9.97 Å². The van der Waals surface area contributed by atoms with Crippen molar-refractivity contribution in [3.63, 3.8) is 0 Å². The number of H-pyrrole nitrogens is 1. The number of rotatable bonds is 10. The van der Waals surface area contributed by atoms with Crippen LogP contribution in [0.2, 0.25) is 0 Å². The highest BCUT2D eigenvalue weighted by Crippen LogP contribution is 2.26. The highest BCUT2D eigenvalue weighted by molar-refractivity contribution is 6.11. The van der Waals surface area contributed by atoms with Crippen LogP contribution in [0.25, 0.3) is 23.1 Å². The van der Waals surface area contributed by atoms with E-state index in [0.717, 1.165) is 22.2 Å². The van der Waals surface area contributed by atoms with E-state index >= 15 is 0 Å². The standard InChI is InChI=1S/C28H24N2O4/c1-33-28-18-26(34-19-23-4-2-3-14-29-23)12-9-22(28)8-11-25(32)17-24(31)10-6-20-5-7-21-13-15-30-27(21)16-20/h2-16,18,30H,17,19H2,1H3. The molecular formula is C28H24N2O4. The summed E-state index contributed by atoms with van der Waals surface area (Å²) in [5.41, 5.74) is 3.42. The van der Waals surface area contributed by atoms with Crippen molar-refractivity contribution in [2.45, 2.75) is 13.0 Å². The van der Waals surface area contributed by atoms with Crippen molar-refractivity contribution in [2.75, 3.05) is 7.11 Å². The number of carbonyl (C=O) groups is 2. The van der Waals surface area contributed by atoms with Crippen LogP contribution in [-0.2, 0) is 16.2 Å². The van der Waals surface area contributed by atoms with E-state index < -0.39 is 0 Å². The molecule has 0 saturated heterocycles. The fraction of sp³-hybridized carbons (Fsp3) is 0.107. The van der Waals surface area contributed by atoms with Crippen LogP contribution in [0.1, 0.15) is 23.2 Å². The summed E-state index contributed by atoms with van der Waals surface area (Å²) in [5.74, 6) is 0.649. The molecule has 0 atom stereocenters. The number of nitrogens with one attached hydrogen (secondary N) is 1. The molecule has 0 aliphatic rings. The lowest BCUT2D eigenvalue weighted by molar-refractivity contribution is -0.121. The third-order valence-electron chi connectivity index (χ3n) is 5.16. The van der Waals surface area contributed by atoms with Gasteiger partial charge in [-0.25, -0.2) is 0 Å². The average molecular weight is 453 g/mol. The van der Waals surface area contributed by atoms with Crippen molar-refractivity contribution in [1.82, 2.24) is 9.97 Å². The molecule has 0 saturated carbocycles. The highest BCUT2D eigenvalue weighted by atomic mass is 16.5. The van der Waals surface area contributed by atoms with Gasteiger partial charge >= 0.3 is 0 Å². The van der Waals surface area contributed by atoms with Crippen LogP contribution >= 0.6 is 0 Å². The number of hydrogen-bond donors (Lipinski definition) is 1. The van der Waals surface area contributed by atoms with Crippen molar-refractivity contribution < 1.29 is 19.1 Å². The van der Waals surface area contributed by atoms with Crippen molar-refractivity contribution in [3.8, 4) is 11.5 Å². The van der Waals surface area contributed by atoms with E-state index in [1.165, 1.54) is 12.2 Å². The first kappa shape index (κ1) is 22.7. The van der Waals surface area contributed by atoms with Crippen molar-refractivity contribution in [3.05, 3.63) is 102 Å². The molecule has 2 heterocycles. The summed E-state index contributed by atoms with van der Waals surface area (Å²) in [4.78, 5) is 31.9. The first-order chi connectivity index (χ1) is 16.6. The van der Waals surface area contributed by atoms with Crippen LogP contribution in [0.5, 0.6) is 11.5 Å². The Bertz CT molecular complexity index is 1350. The number of carbonyl (C=O) groups excluding carboxylic acids is 2. The molecule has 0 aliphatic heterocycles. The molecule has 0 radical (unpaired) electrons. The second-order valence-electron chi connectivity index (χ2n) is 7.61. The van der Waals surface area contributed by atoms with Gasteiger partial charge in [0.2, 0.25) is 0 Å². The van der Waals surface area contributed by atoms with Gasteiger partial charge in [0, 0.05) is 29.5 Å². The average Bonchev–Trinajstić information content (AvgIpc) is 3.34. The van der Waals surface area contributed by atoms with Crippen molar-refractivity contribution in [1.29, 1.82) is 0 Å². The van der Waals surface area contributed by atoms with Gasteiger partial charge in [-0.3, -0.25) is 14.6 Å². The van der Waals surface area contributed by atoms with Gasteiger partial charge < -0.3 is 14.5 Å². The smallest absolute Gasteiger partial charge is 0.163 e. The topological polar surface area (TPSA) is 81.3 Å². The number of ether oxygens (including phenoxy) is 2. The number of hydrogen-bond acceptors (Lipinski definition) is 5. The SMILES string of the molecule is COc1cc(OCc2ccccn2)ccc1C=CC(=O)CC(=O)C=Cc1ccc2cc[nH]c2c1. The summed E-state index contributed by atoms with van der Waals surface area (Å²) in [6.07, 6.45) is 9.56. The Balaban J connectivity index is 1.33. The number of benzene rings is 2. The predicted octanol–water partition coefficient (Wildman–Crippen LogP) is 5.41. The van der Waals surface area contributed by atoms with Gasteiger partial charge in [-0.1, -0.05) is 24.3 Å². The maximum Gasteiger partial charge on any atom is 0.163 e. The van der Waals surface area contributed by atoms with Gasteiger partial charge in [-0.2, -0.15) is 0 Å². The van der Waals surface area contributed by atoms with Crippen LogP contribution in [0, 0.1) is 0 Å². The zero-order valence-electron chi connectivity index (χ0n) is 18.7. The maximum absolute atomic E-state index is 12.3. The Hall–Kier alpha value is -4.45. The zero-order chi connectivity index (χ0) is 23.8. The lowest BCUT2D eigenvalue weighted by Crippen LogP contribution is -2.02. The van der Waals surface area contributed by atoms with Crippen LogP contribution in [0.15, 0.2) is 85.2 Å². The number of methoxy groups -OCH3 is 1. The Morgan fingerprint density at radius 1 is 0.971 bits per heavy atom. The second kappa shape index (κ2) is 10.9. The Morgan fingerprint density at radius 3 is 2.62 bits per heavy atom. The molecule has 4 rings (SSSR count). The summed E-state index contributed by atoms with van der Waals surface area (Å²) in [6.45, 7) is 0.339. The van der Waals surface area contributed by atoms with Gasteiger partial charge in [-0.05, 0) is 65.6 Å². The lowest BCUT2D eigenvalue weighted by Gasteiger charge is -2.09. The molecule has 0 bridgehead atoms. The van der Waals surface area contributed by atoms with Crippen LogP contribution < -0.4 is 9.47 Å². The van der Waals surface area contributed by atoms with Gasteiger partial charge in [0.1, 0.15) is 18.1 Å². The molecule has 0 aliphatic carbocycles. The first-order valence-electron chi connectivity index (χ1n) is 10.8. The quantitative estimate of drug-likeness (QED) is 0.257. The molecule has 6 nitrogen and oxygen atoms in total. The third-order valence-corrected chi connectivity index (χ3v) is 5.16. The molecule has 4 aromatic rings. The monoisotopic (exact) mass is 452 g/mol. The summed E-state index contributed by atoms with van der Waals surface area (Å²) in [5, 5.41) is 1.10. The van der Waals surface area contributed by atoms with E-state index in [1.54, 1.807) is 43.7 Å². The van der Waals surface area contributed by atoms with Crippen molar-refractivity contribution in [2.24, 2.45) is 0 Å². The van der Waals surface area contributed by atoms with Gasteiger partial charge in [-0.15, -0.1) is 0 Å². The van der Waals surface area contributed by atoms with E-state index in [0.29, 0.717) is 23.7 Å². The number of fused-ring (bicyclic) bond motifs is 1. The Kier molecular flexibility index (Phi) is 7.30. The largest absolute Gasteiger partial charge is 0.496 e. The fourth-order valence-corrected chi connectivity index (χ4v) is 3.39. The first-order valence-corrected chi connectivity index (χ1v) is 10.8. The molecule has 0 fully saturated rings. The van der Waals surface area contributed by atoms with Crippen LogP contribution in [-0.4, -0.2) is 28.6 Å². The van der Waals surface area contributed by atoms with Gasteiger partial charge in [0.05, 0.1) is 19.2 Å². The highest BCUT2D eigenvalue weighted by Gasteiger charge is 2.07. The summed E-state index contributed by atoms with van der Waals surface area (Å²) >= 11 is 0. The van der Waals surface area contributed by atoms with Crippen LogP contribution in [0.3, 0.4) is 0 Å². The number of aromatic amines is 1. The van der Waals surface area contributed by atoms with Gasteiger partial charge in [0.15, 0.2) is 11.6 Å². The van der Waals surface area contributed by atoms with Gasteiger partial charge in [0.25, 0.3) is 0 Å². The normalized spacial score (nSPS) is 11.3. The minimum Gasteiger partial charge on any atom is -0.496 e. The lowest BCUT2D eigenvalue weighted by atomic mass is 10.1. The molecule has 2 aromatic heterocycles. The van der Waals surface area contributed by atoms with E-state index in [4.69, 9.17) is 9.47 Å². The molecule has 170 valence electrons. The number of nitrogens with zero attached hydrogens (tertiary/aromatic N) is 1. The molecule has 0 unspecified atom stereocenters. The second-order valence-corrected chi connectivity index (χ2v) is 7.61. The Labute approximate surface area is 197 Å². The maximum atomic E-state index is 12.3. The minimum absolute atomic E-state index is 0.203. The molecule has 1 N–H and O–H groups in total. The van der Waals surface area contributed by atoms with E-state index in [-0.39, 0.29) is 18.0 Å². The minimum atomic E-state index is -0.285. The summed E-state index contributed by atoms with van der Waals surface area (Å²) in [6, 6.07) is 18.8. The molecular weight excluding hydrogens is 428 g/mol. The van der Waals surface area contributed by atoms with E-state index in [1.807, 2.05) is 48.7 Å². The zero-order valence-corrected chi connectivity index (χ0v) is 18.7. The molecule has 2 aromatic carbocycles. The molecule has 0 spiro atoms. The number of pyridine rings is 1. The predicted molar refractivity (Wildman–Crippen MR) is 133 cm³/mol. The molecule has 0 amide bonds. The molecule has 6 heteroatoms.